The minimum absolute atomic E-state index is 0.0967. The van der Waals surface area contributed by atoms with Crippen molar-refractivity contribution in [3.63, 3.8) is 0 Å². The largest absolute Gasteiger partial charge is 0.481 e. The van der Waals surface area contributed by atoms with Gasteiger partial charge in [-0.15, -0.1) is 10.2 Å². The quantitative estimate of drug-likeness (QED) is 0.315. The van der Waals surface area contributed by atoms with Crippen molar-refractivity contribution in [3.05, 3.63) is 82.4 Å². The average Bonchev–Trinajstić information content (AvgIpc) is 3.55. The number of anilines is 1. The second kappa shape index (κ2) is 10.6. The molecule has 3 aromatic heterocycles. The molecular formula is C30H32F2N6O4S. The van der Waals surface area contributed by atoms with Crippen LogP contribution in [0.5, 0.6) is 0 Å². The van der Waals surface area contributed by atoms with Crippen molar-refractivity contribution in [1.29, 1.82) is 0 Å². The van der Waals surface area contributed by atoms with Gasteiger partial charge in [0.05, 0.1) is 12.0 Å². The van der Waals surface area contributed by atoms with Crippen LogP contribution in [0.4, 0.5) is 14.6 Å². The van der Waals surface area contributed by atoms with Gasteiger partial charge in [0.15, 0.2) is 5.65 Å². The molecule has 10 nitrogen and oxygen atoms in total. The van der Waals surface area contributed by atoms with Crippen LogP contribution in [0.15, 0.2) is 53.7 Å². The van der Waals surface area contributed by atoms with E-state index in [4.69, 9.17) is 0 Å². The van der Waals surface area contributed by atoms with Crippen molar-refractivity contribution in [2.24, 2.45) is 0 Å². The zero-order valence-electron chi connectivity index (χ0n) is 24.0. The van der Waals surface area contributed by atoms with E-state index in [0.717, 1.165) is 30.5 Å². The lowest BCUT2D eigenvalue weighted by molar-refractivity contribution is -0.137. The van der Waals surface area contributed by atoms with Gasteiger partial charge in [-0.25, -0.2) is 22.2 Å². The molecular weight excluding hydrogens is 578 g/mol. The van der Waals surface area contributed by atoms with Crippen LogP contribution in [0, 0.1) is 13.8 Å². The van der Waals surface area contributed by atoms with E-state index in [1.165, 1.54) is 14.9 Å². The molecule has 0 spiro atoms. The minimum Gasteiger partial charge on any atom is -0.481 e. The number of carboxylic acids is 1. The molecule has 6 rings (SSSR count). The number of sulfonamides is 1. The number of alkyl halides is 2. The Balaban J connectivity index is 1.41. The number of hydrogen-bond donors (Lipinski definition) is 1. The fourth-order valence-corrected chi connectivity index (χ4v) is 8.25. The molecule has 226 valence electrons. The first kappa shape index (κ1) is 29.1. The number of aliphatic carboxylic acids is 1. The van der Waals surface area contributed by atoms with Gasteiger partial charge in [-0.2, -0.15) is 4.31 Å². The van der Waals surface area contributed by atoms with Gasteiger partial charge < -0.3 is 10.0 Å². The van der Waals surface area contributed by atoms with Gasteiger partial charge in [0.2, 0.25) is 15.8 Å². The molecule has 1 unspecified atom stereocenters. The fraction of sp³-hybridized carbons (Fsp3) is 0.400. The summed E-state index contributed by atoms with van der Waals surface area (Å²) in [6, 6.07) is 10.4. The van der Waals surface area contributed by atoms with Crippen molar-refractivity contribution < 1.29 is 27.1 Å². The highest BCUT2D eigenvalue weighted by Gasteiger charge is 2.47. The summed E-state index contributed by atoms with van der Waals surface area (Å²) >= 11 is 0. The zero-order chi connectivity index (χ0) is 30.7. The van der Waals surface area contributed by atoms with Gasteiger partial charge in [-0.05, 0) is 79.6 Å². The van der Waals surface area contributed by atoms with E-state index in [1.54, 1.807) is 31.3 Å². The number of nitrogens with zero attached hydrogens (tertiary/aromatic N) is 6. The van der Waals surface area contributed by atoms with Gasteiger partial charge >= 0.3 is 5.97 Å². The van der Waals surface area contributed by atoms with E-state index in [9.17, 15) is 27.1 Å². The number of pyridine rings is 2. The lowest BCUT2D eigenvalue weighted by Crippen LogP contribution is -2.49. The summed E-state index contributed by atoms with van der Waals surface area (Å²) in [6.07, 6.45) is 1.74. The Labute approximate surface area is 248 Å². The number of rotatable bonds is 7. The van der Waals surface area contributed by atoms with Crippen LogP contribution in [-0.2, 0) is 21.4 Å². The Morgan fingerprint density at radius 2 is 1.95 bits per heavy atom. The highest BCUT2D eigenvalue weighted by atomic mass is 32.2. The fourth-order valence-electron chi connectivity index (χ4n) is 6.57. The van der Waals surface area contributed by atoms with Crippen molar-refractivity contribution >= 4 is 27.5 Å². The van der Waals surface area contributed by atoms with Crippen molar-refractivity contribution in [2.75, 3.05) is 18.0 Å². The van der Waals surface area contributed by atoms with Crippen LogP contribution >= 0.6 is 0 Å². The van der Waals surface area contributed by atoms with E-state index in [1.807, 2.05) is 25.1 Å². The maximum absolute atomic E-state index is 14.0. The summed E-state index contributed by atoms with van der Waals surface area (Å²) in [5.74, 6) is -1.68. The van der Waals surface area contributed by atoms with Gasteiger partial charge in [-0.1, -0.05) is 18.2 Å². The Bertz CT molecular complexity index is 1850. The van der Waals surface area contributed by atoms with Gasteiger partial charge in [0, 0.05) is 37.9 Å². The molecule has 1 aromatic carbocycles. The normalized spacial score (nSPS) is 20.7. The van der Waals surface area contributed by atoms with Gasteiger partial charge in [0.25, 0.3) is 6.43 Å². The van der Waals surface area contributed by atoms with Gasteiger partial charge in [0.1, 0.15) is 10.7 Å². The molecule has 13 heteroatoms. The summed E-state index contributed by atoms with van der Waals surface area (Å²) in [5.41, 5.74) is 3.26. The summed E-state index contributed by atoms with van der Waals surface area (Å²) in [6.45, 7) is 6.78. The van der Waals surface area contributed by atoms with Gasteiger partial charge in [-0.3, -0.25) is 9.20 Å². The molecule has 0 saturated carbocycles. The van der Waals surface area contributed by atoms with E-state index >= 15 is 0 Å². The second-order valence-corrected chi connectivity index (χ2v) is 13.5. The number of fused-ring (bicyclic) bond motifs is 4. The number of carboxylic acid groups (broad SMARTS) is 1. The Morgan fingerprint density at radius 1 is 1.16 bits per heavy atom. The zero-order valence-corrected chi connectivity index (χ0v) is 24.9. The monoisotopic (exact) mass is 610 g/mol. The molecule has 2 aliphatic heterocycles. The Morgan fingerprint density at radius 3 is 2.70 bits per heavy atom. The standard InChI is InChI=1S/C30H32F2N6O4S/c1-18-7-8-20(23(15-25(39)40)22-9-13-37-27(19(22)2)34-35-29(37)26(31)32)14-21(18)16-36-17-30(3)10-5-12-38(30)28-24(43(36,41)42)6-4-11-33-28/h4,6-9,11,13-14,23,26H,5,10,12,15-17H2,1-3H3,(H,39,40)/t23?,30-/m0/s1. The molecule has 1 fully saturated rings. The third-order valence-corrected chi connectivity index (χ3v) is 10.7. The summed E-state index contributed by atoms with van der Waals surface area (Å²) in [5, 5.41) is 17.4. The third kappa shape index (κ3) is 4.93. The number of hydrogen-bond acceptors (Lipinski definition) is 7. The molecule has 0 radical (unpaired) electrons. The first-order chi connectivity index (χ1) is 20.4. The van der Waals surface area contributed by atoms with Crippen LogP contribution in [0.25, 0.3) is 5.65 Å². The minimum atomic E-state index is -3.90. The van der Waals surface area contributed by atoms with Crippen LogP contribution in [0.2, 0.25) is 0 Å². The average molecular weight is 611 g/mol. The molecule has 2 atom stereocenters. The van der Waals surface area contributed by atoms with E-state index in [2.05, 4.69) is 27.0 Å². The number of aromatic nitrogens is 4. The molecule has 43 heavy (non-hydrogen) atoms. The van der Waals surface area contributed by atoms with E-state index in [-0.39, 0.29) is 30.1 Å². The third-order valence-electron chi connectivity index (χ3n) is 8.86. The Kier molecular flexibility index (Phi) is 7.20. The SMILES string of the molecule is Cc1ccc(C(CC(=O)O)c2ccn3c(C(F)F)nnc3c2C)cc1CN1C[C@]2(C)CCCN2c2ncccc2S1(=O)=O. The van der Waals surface area contributed by atoms with E-state index in [0.29, 0.717) is 22.5 Å². The number of halogens is 2. The summed E-state index contributed by atoms with van der Waals surface area (Å²) < 4.78 is 57.7. The summed E-state index contributed by atoms with van der Waals surface area (Å²) in [4.78, 5) is 18.8. The van der Waals surface area contributed by atoms with Crippen LogP contribution < -0.4 is 4.90 Å². The molecule has 1 N–H and O–H groups in total. The molecule has 5 heterocycles. The molecule has 0 bridgehead atoms. The lowest BCUT2D eigenvalue weighted by atomic mass is 9.85. The first-order valence-corrected chi connectivity index (χ1v) is 15.5. The topological polar surface area (TPSA) is 121 Å². The maximum Gasteiger partial charge on any atom is 0.304 e. The predicted molar refractivity (Wildman–Crippen MR) is 155 cm³/mol. The summed E-state index contributed by atoms with van der Waals surface area (Å²) in [7, 11) is -3.90. The van der Waals surface area contributed by atoms with E-state index < -0.39 is 39.7 Å². The molecule has 4 aromatic rings. The number of carbonyl (C=O) groups is 1. The highest BCUT2D eigenvalue weighted by molar-refractivity contribution is 7.89. The maximum atomic E-state index is 14.0. The van der Waals surface area contributed by atoms with Crippen molar-refractivity contribution in [2.45, 2.75) is 69.4 Å². The van der Waals surface area contributed by atoms with Crippen molar-refractivity contribution in [1.82, 2.24) is 23.9 Å². The van der Waals surface area contributed by atoms with Crippen LogP contribution in [-0.4, -0.2) is 62.0 Å². The molecule has 1 saturated heterocycles. The smallest absolute Gasteiger partial charge is 0.304 e. The van der Waals surface area contributed by atoms with Crippen LogP contribution in [0.3, 0.4) is 0 Å². The number of aryl methyl sites for hydroxylation is 2. The second-order valence-electron chi connectivity index (χ2n) is 11.6. The predicted octanol–water partition coefficient (Wildman–Crippen LogP) is 4.85. The number of benzene rings is 1. The van der Waals surface area contributed by atoms with Crippen molar-refractivity contribution in [3.8, 4) is 0 Å². The van der Waals surface area contributed by atoms with Crippen LogP contribution in [0.1, 0.15) is 72.2 Å². The first-order valence-electron chi connectivity index (χ1n) is 14.1. The lowest BCUT2D eigenvalue weighted by Gasteiger charge is -2.36. The molecule has 0 amide bonds. The Hall–Kier alpha value is -3.97. The highest BCUT2D eigenvalue weighted by Crippen LogP contribution is 2.42. The molecule has 2 aliphatic rings. The molecule has 0 aliphatic carbocycles.